The first-order valence-corrected chi connectivity index (χ1v) is 2.77. The van der Waals surface area contributed by atoms with Gasteiger partial charge in [-0.25, -0.2) is 9.38 Å². The maximum Gasteiger partial charge on any atom is 0.189 e. The van der Waals surface area contributed by atoms with Gasteiger partial charge < -0.3 is 5.73 Å². The van der Waals surface area contributed by atoms with Gasteiger partial charge in [0.15, 0.2) is 6.30 Å². The smallest absolute Gasteiger partial charge is 0.189 e. The van der Waals surface area contributed by atoms with Crippen molar-refractivity contribution in [1.29, 1.82) is 0 Å². The molecule has 0 radical (unpaired) electrons. The Morgan fingerprint density at radius 2 is 2.33 bits per heavy atom. The fourth-order valence-electron chi connectivity index (χ4n) is 0.419. The van der Waals surface area contributed by atoms with E-state index in [0.29, 0.717) is 0 Å². The van der Waals surface area contributed by atoms with Crippen LogP contribution in [0.25, 0.3) is 0 Å². The molecule has 2 N–H and O–H groups in total. The first kappa shape index (κ1) is 8.14. The van der Waals surface area contributed by atoms with E-state index in [4.69, 9.17) is 5.73 Å². The standard InChI is InChI=1S/C6H11FN2/c1-3-4-6(8)9-5(2)7/h3-5H,1-2H3,(H2,8,9)/b4-3-. The summed E-state index contributed by atoms with van der Waals surface area (Å²) in [4.78, 5) is 3.41. The molecule has 0 rings (SSSR count). The molecule has 0 bridgehead atoms. The van der Waals surface area contributed by atoms with Gasteiger partial charge in [-0.2, -0.15) is 0 Å². The highest BCUT2D eigenvalue weighted by Gasteiger charge is 1.90. The zero-order chi connectivity index (χ0) is 7.28. The lowest BCUT2D eigenvalue weighted by Gasteiger charge is -1.92. The van der Waals surface area contributed by atoms with Gasteiger partial charge in [0.2, 0.25) is 0 Å². The molecule has 0 amide bonds. The lowest BCUT2D eigenvalue weighted by Crippen LogP contribution is -2.09. The molecule has 1 unspecified atom stereocenters. The number of alkyl halides is 1. The maximum absolute atomic E-state index is 12.0. The van der Waals surface area contributed by atoms with Crippen LogP contribution in [0, 0.1) is 0 Å². The van der Waals surface area contributed by atoms with E-state index in [-0.39, 0.29) is 5.84 Å². The van der Waals surface area contributed by atoms with Crippen molar-refractivity contribution in [1.82, 2.24) is 0 Å². The molecule has 0 aromatic carbocycles. The van der Waals surface area contributed by atoms with E-state index in [1.54, 1.807) is 19.1 Å². The van der Waals surface area contributed by atoms with E-state index in [0.717, 1.165) is 0 Å². The van der Waals surface area contributed by atoms with Crippen molar-refractivity contribution >= 4 is 5.84 Å². The van der Waals surface area contributed by atoms with Gasteiger partial charge >= 0.3 is 0 Å². The second kappa shape index (κ2) is 4.06. The molecule has 0 saturated carbocycles. The van der Waals surface area contributed by atoms with E-state index in [9.17, 15) is 4.39 Å². The molecule has 0 aromatic rings. The van der Waals surface area contributed by atoms with Gasteiger partial charge in [-0.05, 0) is 19.9 Å². The lowest BCUT2D eigenvalue weighted by atomic mass is 10.5. The average Bonchev–Trinajstić information content (AvgIpc) is 1.63. The minimum Gasteiger partial charge on any atom is -0.384 e. The number of nitrogens with two attached hydrogens (primary N) is 1. The molecular formula is C6H11FN2. The van der Waals surface area contributed by atoms with Crippen LogP contribution in [0.15, 0.2) is 17.1 Å². The number of amidine groups is 1. The van der Waals surface area contributed by atoms with Gasteiger partial charge in [0.05, 0.1) is 0 Å². The molecule has 3 heteroatoms. The molecule has 0 aliphatic rings. The molecule has 0 saturated heterocycles. The molecule has 0 aromatic heterocycles. The summed E-state index contributed by atoms with van der Waals surface area (Å²) < 4.78 is 12.0. The van der Waals surface area contributed by atoms with Crippen LogP contribution < -0.4 is 5.73 Å². The van der Waals surface area contributed by atoms with Crippen LogP contribution in [0.4, 0.5) is 4.39 Å². The third-order valence-electron chi connectivity index (χ3n) is 0.664. The Morgan fingerprint density at radius 3 is 2.67 bits per heavy atom. The first-order chi connectivity index (χ1) is 4.16. The van der Waals surface area contributed by atoms with Crippen LogP contribution in [0.5, 0.6) is 0 Å². The molecule has 52 valence electrons. The number of hydrogen-bond acceptors (Lipinski definition) is 1. The van der Waals surface area contributed by atoms with Crippen LogP contribution in [0.1, 0.15) is 13.8 Å². The normalized spacial score (nSPS) is 16.6. The molecular weight excluding hydrogens is 119 g/mol. The second-order valence-electron chi connectivity index (χ2n) is 1.63. The Kier molecular flexibility index (Phi) is 3.67. The van der Waals surface area contributed by atoms with Crippen molar-refractivity contribution in [2.24, 2.45) is 10.7 Å². The van der Waals surface area contributed by atoms with Crippen LogP contribution >= 0.6 is 0 Å². The Hall–Kier alpha value is -0.860. The van der Waals surface area contributed by atoms with Crippen LogP contribution in [-0.2, 0) is 0 Å². The molecule has 2 nitrogen and oxygen atoms in total. The minimum atomic E-state index is -1.21. The van der Waals surface area contributed by atoms with E-state index in [1.807, 2.05) is 0 Å². The van der Waals surface area contributed by atoms with E-state index in [2.05, 4.69) is 4.99 Å². The number of aliphatic imine (C=N–C) groups is 1. The van der Waals surface area contributed by atoms with E-state index < -0.39 is 6.30 Å². The van der Waals surface area contributed by atoms with Crippen molar-refractivity contribution in [3.05, 3.63) is 12.2 Å². The number of rotatable bonds is 2. The summed E-state index contributed by atoms with van der Waals surface area (Å²) in [5.41, 5.74) is 5.21. The van der Waals surface area contributed by atoms with Crippen molar-refractivity contribution < 1.29 is 4.39 Å². The van der Waals surface area contributed by atoms with Gasteiger partial charge in [-0.1, -0.05) is 6.08 Å². The lowest BCUT2D eigenvalue weighted by molar-refractivity contribution is 0.376. The predicted octanol–water partition coefficient (Wildman–Crippen LogP) is 1.24. The molecule has 0 spiro atoms. The molecule has 1 atom stereocenters. The zero-order valence-electron chi connectivity index (χ0n) is 5.63. The number of halogens is 1. The zero-order valence-corrected chi connectivity index (χ0v) is 5.63. The summed E-state index contributed by atoms with van der Waals surface area (Å²) in [5, 5.41) is 0. The fraction of sp³-hybridized carbons (Fsp3) is 0.500. The Morgan fingerprint density at radius 1 is 1.78 bits per heavy atom. The van der Waals surface area contributed by atoms with Gasteiger partial charge in [0, 0.05) is 0 Å². The van der Waals surface area contributed by atoms with E-state index in [1.165, 1.54) is 6.92 Å². The quantitative estimate of drug-likeness (QED) is 0.341. The van der Waals surface area contributed by atoms with Gasteiger partial charge in [-0.3, -0.25) is 0 Å². The minimum absolute atomic E-state index is 0.229. The van der Waals surface area contributed by atoms with Gasteiger partial charge in [-0.15, -0.1) is 0 Å². The summed E-state index contributed by atoms with van der Waals surface area (Å²) in [6.45, 7) is 3.13. The number of nitrogens with zero attached hydrogens (tertiary/aromatic N) is 1. The fourth-order valence-corrected chi connectivity index (χ4v) is 0.419. The van der Waals surface area contributed by atoms with Gasteiger partial charge in [0.1, 0.15) is 5.84 Å². The van der Waals surface area contributed by atoms with Crippen molar-refractivity contribution in [3.63, 3.8) is 0 Å². The Balaban J connectivity index is 3.84. The van der Waals surface area contributed by atoms with Crippen molar-refractivity contribution in [3.8, 4) is 0 Å². The average molecular weight is 130 g/mol. The highest BCUT2D eigenvalue weighted by molar-refractivity contribution is 5.91. The van der Waals surface area contributed by atoms with Crippen LogP contribution in [-0.4, -0.2) is 12.1 Å². The van der Waals surface area contributed by atoms with Gasteiger partial charge in [0.25, 0.3) is 0 Å². The summed E-state index contributed by atoms with van der Waals surface area (Å²) in [7, 11) is 0. The van der Waals surface area contributed by atoms with E-state index >= 15 is 0 Å². The third-order valence-corrected chi connectivity index (χ3v) is 0.664. The first-order valence-electron chi connectivity index (χ1n) is 2.77. The highest BCUT2D eigenvalue weighted by atomic mass is 19.1. The number of allylic oxidation sites excluding steroid dienone is 1. The summed E-state index contributed by atoms with van der Waals surface area (Å²) in [5.74, 6) is 0.229. The molecule has 9 heavy (non-hydrogen) atoms. The van der Waals surface area contributed by atoms with Crippen molar-refractivity contribution in [2.75, 3.05) is 0 Å². The molecule has 0 aliphatic carbocycles. The van der Waals surface area contributed by atoms with Crippen molar-refractivity contribution in [2.45, 2.75) is 20.1 Å². The third kappa shape index (κ3) is 5.00. The molecule has 0 fully saturated rings. The van der Waals surface area contributed by atoms with Crippen LogP contribution in [0.3, 0.4) is 0 Å². The summed E-state index contributed by atoms with van der Waals surface area (Å²) in [6, 6.07) is 0. The maximum atomic E-state index is 12.0. The second-order valence-corrected chi connectivity index (χ2v) is 1.63. The Bertz CT molecular complexity index is 127. The highest BCUT2D eigenvalue weighted by Crippen LogP contribution is 1.88. The predicted molar refractivity (Wildman–Crippen MR) is 37.0 cm³/mol. The topological polar surface area (TPSA) is 38.4 Å². The van der Waals surface area contributed by atoms with Crippen LogP contribution in [0.2, 0.25) is 0 Å². The summed E-state index contributed by atoms with van der Waals surface area (Å²) in [6.07, 6.45) is 2.05. The number of hydrogen-bond donors (Lipinski definition) is 1. The monoisotopic (exact) mass is 130 g/mol. The molecule has 0 heterocycles. The summed E-state index contributed by atoms with van der Waals surface area (Å²) >= 11 is 0. The molecule has 0 aliphatic heterocycles. The SMILES string of the molecule is C/C=C\C(N)=NC(C)F. The largest absolute Gasteiger partial charge is 0.384 e. The Labute approximate surface area is 54.3 Å².